The van der Waals surface area contributed by atoms with E-state index in [1.807, 2.05) is 44.2 Å². The molecule has 0 aromatic heterocycles. The third-order valence-corrected chi connectivity index (χ3v) is 5.67. The van der Waals surface area contributed by atoms with Crippen molar-refractivity contribution < 1.29 is 9.59 Å². The Morgan fingerprint density at radius 2 is 1.75 bits per heavy atom. The van der Waals surface area contributed by atoms with Gasteiger partial charge in [0.2, 0.25) is 11.8 Å². The molecule has 0 aliphatic carbocycles. The van der Waals surface area contributed by atoms with Crippen molar-refractivity contribution in [2.75, 3.05) is 12.8 Å². The van der Waals surface area contributed by atoms with Crippen LogP contribution in [0.15, 0.2) is 48.5 Å². The molecule has 1 unspecified atom stereocenters. The number of amides is 2. The van der Waals surface area contributed by atoms with Crippen LogP contribution in [0.3, 0.4) is 0 Å². The van der Waals surface area contributed by atoms with Crippen LogP contribution in [-0.4, -0.2) is 35.6 Å². The molecular formula is C23H30N2O2S. The Morgan fingerprint density at radius 3 is 2.36 bits per heavy atom. The number of nitrogens with one attached hydrogen (secondary N) is 1. The predicted octanol–water partition coefficient (Wildman–Crippen LogP) is 4.09. The molecule has 0 saturated heterocycles. The van der Waals surface area contributed by atoms with E-state index in [1.54, 1.807) is 23.7 Å². The topological polar surface area (TPSA) is 49.4 Å². The van der Waals surface area contributed by atoms with Crippen molar-refractivity contribution in [1.29, 1.82) is 0 Å². The minimum atomic E-state index is -0.460. The van der Waals surface area contributed by atoms with E-state index >= 15 is 0 Å². The zero-order valence-electron chi connectivity index (χ0n) is 17.2. The number of hydrogen-bond acceptors (Lipinski definition) is 3. The summed E-state index contributed by atoms with van der Waals surface area (Å²) in [6.07, 6.45) is 0.583. The van der Waals surface area contributed by atoms with E-state index in [-0.39, 0.29) is 11.8 Å². The van der Waals surface area contributed by atoms with E-state index in [0.29, 0.717) is 18.7 Å². The smallest absolute Gasteiger partial charge is 0.242 e. The van der Waals surface area contributed by atoms with E-state index in [0.717, 1.165) is 11.3 Å². The zero-order chi connectivity index (χ0) is 20.5. The Morgan fingerprint density at radius 1 is 1.04 bits per heavy atom. The molecule has 0 spiro atoms. The first-order valence-corrected chi connectivity index (χ1v) is 10.8. The van der Waals surface area contributed by atoms with Crippen LogP contribution in [0.5, 0.6) is 0 Å². The van der Waals surface area contributed by atoms with Crippen LogP contribution in [0.4, 0.5) is 0 Å². The number of benzene rings is 2. The SMILES string of the molecule is CCC(C(=O)NC)N(Cc1ccc(C)cc1)C(=O)CSCc1cccc(C)c1. The van der Waals surface area contributed by atoms with Crippen LogP contribution in [0.2, 0.25) is 0 Å². The lowest BCUT2D eigenvalue weighted by Gasteiger charge is -2.30. The van der Waals surface area contributed by atoms with E-state index in [1.165, 1.54) is 16.7 Å². The first-order valence-electron chi connectivity index (χ1n) is 9.64. The van der Waals surface area contributed by atoms with Crippen LogP contribution in [-0.2, 0) is 21.9 Å². The molecule has 0 aliphatic heterocycles. The highest BCUT2D eigenvalue weighted by molar-refractivity contribution is 7.99. The summed E-state index contributed by atoms with van der Waals surface area (Å²) in [6.45, 7) is 6.48. The molecule has 0 radical (unpaired) electrons. The van der Waals surface area contributed by atoms with Crippen molar-refractivity contribution >= 4 is 23.6 Å². The standard InChI is InChI=1S/C23H30N2O2S/c1-5-21(23(27)24-4)25(14-19-11-9-17(2)10-12-19)22(26)16-28-15-20-8-6-7-18(3)13-20/h6-13,21H,5,14-16H2,1-4H3,(H,24,27). The second-order valence-electron chi connectivity index (χ2n) is 7.03. The molecular weight excluding hydrogens is 368 g/mol. The van der Waals surface area contributed by atoms with Crippen LogP contribution < -0.4 is 5.32 Å². The van der Waals surface area contributed by atoms with Crippen molar-refractivity contribution in [3.05, 3.63) is 70.8 Å². The van der Waals surface area contributed by atoms with Crippen LogP contribution in [0.1, 0.15) is 35.6 Å². The van der Waals surface area contributed by atoms with Crippen molar-refractivity contribution in [3.8, 4) is 0 Å². The zero-order valence-corrected chi connectivity index (χ0v) is 18.0. The lowest BCUT2D eigenvalue weighted by atomic mass is 10.1. The minimum Gasteiger partial charge on any atom is -0.357 e. The molecule has 1 atom stereocenters. The minimum absolute atomic E-state index is 0.00585. The molecule has 150 valence electrons. The molecule has 0 bridgehead atoms. The molecule has 0 heterocycles. The maximum atomic E-state index is 13.0. The van der Waals surface area contributed by atoms with Crippen LogP contribution in [0.25, 0.3) is 0 Å². The highest BCUT2D eigenvalue weighted by Crippen LogP contribution is 2.18. The number of carbonyl (C=O) groups is 2. The highest BCUT2D eigenvalue weighted by atomic mass is 32.2. The second-order valence-corrected chi connectivity index (χ2v) is 8.01. The lowest BCUT2D eigenvalue weighted by molar-refractivity contribution is -0.139. The lowest BCUT2D eigenvalue weighted by Crippen LogP contribution is -2.48. The summed E-state index contributed by atoms with van der Waals surface area (Å²) < 4.78 is 0. The van der Waals surface area contributed by atoms with Gasteiger partial charge in [0.25, 0.3) is 0 Å². The first kappa shape index (κ1) is 22.0. The van der Waals surface area contributed by atoms with Gasteiger partial charge in [0.15, 0.2) is 0 Å². The molecule has 0 aliphatic rings. The summed E-state index contributed by atoms with van der Waals surface area (Å²) in [5, 5.41) is 2.69. The van der Waals surface area contributed by atoms with Gasteiger partial charge in [0.05, 0.1) is 5.75 Å². The average Bonchev–Trinajstić information content (AvgIpc) is 2.69. The van der Waals surface area contributed by atoms with Gasteiger partial charge in [-0.05, 0) is 31.4 Å². The predicted molar refractivity (Wildman–Crippen MR) is 117 cm³/mol. The fourth-order valence-corrected chi connectivity index (χ4v) is 3.98. The van der Waals surface area contributed by atoms with Gasteiger partial charge in [0, 0.05) is 19.3 Å². The van der Waals surface area contributed by atoms with Gasteiger partial charge in [-0.1, -0.05) is 66.6 Å². The molecule has 0 saturated carbocycles. The average molecular weight is 399 g/mol. The number of rotatable bonds is 9. The number of hydrogen-bond donors (Lipinski definition) is 1. The maximum absolute atomic E-state index is 13.0. The normalized spacial score (nSPS) is 11.7. The molecule has 4 nitrogen and oxygen atoms in total. The van der Waals surface area contributed by atoms with Crippen molar-refractivity contribution in [1.82, 2.24) is 10.2 Å². The monoisotopic (exact) mass is 398 g/mol. The van der Waals surface area contributed by atoms with Gasteiger partial charge in [-0.2, -0.15) is 0 Å². The Labute approximate surface area is 172 Å². The molecule has 2 aromatic rings. The number of thioether (sulfide) groups is 1. The van der Waals surface area contributed by atoms with Crippen molar-refractivity contribution in [3.63, 3.8) is 0 Å². The van der Waals surface area contributed by atoms with Gasteiger partial charge in [-0.15, -0.1) is 11.8 Å². The molecule has 1 N–H and O–H groups in total. The largest absolute Gasteiger partial charge is 0.357 e. The first-order chi connectivity index (χ1) is 13.4. The Balaban J connectivity index is 2.08. The van der Waals surface area contributed by atoms with Crippen LogP contribution in [0, 0.1) is 13.8 Å². The fraction of sp³-hybridized carbons (Fsp3) is 0.391. The number of nitrogens with zero attached hydrogens (tertiary/aromatic N) is 1. The van der Waals surface area contributed by atoms with Crippen LogP contribution >= 0.6 is 11.8 Å². The van der Waals surface area contributed by atoms with Gasteiger partial charge < -0.3 is 10.2 Å². The maximum Gasteiger partial charge on any atom is 0.242 e. The molecule has 2 rings (SSSR count). The second kappa shape index (κ2) is 10.9. The number of likely N-dealkylation sites (N-methyl/N-ethyl adjacent to an activating group) is 1. The molecule has 2 amide bonds. The van der Waals surface area contributed by atoms with E-state index in [2.05, 4.69) is 30.4 Å². The quantitative estimate of drug-likeness (QED) is 0.692. The fourth-order valence-electron chi connectivity index (χ4n) is 3.12. The van der Waals surface area contributed by atoms with E-state index < -0.39 is 6.04 Å². The summed E-state index contributed by atoms with van der Waals surface area (Å²) in [6, 6.07) is 16.0. The summed E-state index contributed by atoms with van der Waals surface area (Å²) in [7, 11) is 1.62. The Hall–Kier alpha value is -2.27. The summed E-state index contributed by atoms with van der Waals surface area (Å²) in [4.78, 5) is 27.1. The molecule has 0 fully saturated rings. The van der Waals surface area contributed by atoms with Gasteiger partial charge >= 0.3 is 0 Å². The highest BCUT2D eigenvalue weighted by Gasteiger charge is 2.27. The summed E-state index contributed by atoms with van der Waals surface area (Å²) >= 11 is 1.59. The third-order valence-electron chi connectivity index (χ3n) is 4.68. The third kappa shape index (κ3) is 6.41. The Kier molecular flexibility index (Phi) is 8.58. The summed E-state index contributed by atoms with van der Waals surface area (Å²) in [5.74, 6) is 1.01. The van der Waals surface area contributed by atoms with Gasteiger partial charge in [-0.3, -0.25) is 9.59 Å². The molecule has 5 heteroatoms. The number of aryl methyl sites for hydroxylation is 2. The van der Waals surface area contributed by atoms with E-state index in [9.17, 15) is 9.59 Å². The van der Waals surface area contributed by atoms with Crippen molar-refractivity contribution in [2.45, 2.75) is 45.5 Å². The number of carbonyl (C=O) groups excluding carboxylic acids is 2. The van der Waals surface area contributed by atoms with E-state index in [4.69, 9.17) is 0 Å². The van der Waals surface area contributed by atoms with Crippen molar-refractivity contribution in [2.24, 2.45) is 0 Å². The Bertz CT molecular complexity index is 789. The van der Waals surface area contributed by atoms with Gasteiger partial charge in [-0.25, -0.2) is 0 Å². The molecule has 2 aromatic carbocycles. The summed E-state index contributed by atoms with van der Waals surface area (Å²) in [5.41, 5.74) is 4.64. The molecule has 28 heavy (non-hydrogen) atoms. The van der Waals surface area contributed by atoms with Gasteiger partial charge in [0.1, 0.15) is 6.04 Å².